The van der Waals surface area contributed by atoms with E-state index in [0.717, 1.165) is 6.54 Å². The van der Waals surface area contributed by atoms with E-state index in [4.69, 9.17) is 5.73 Å². The predicted octanol–water partition coefficient (Wildman–Crippen LogP) is 2.02. The topological polar surface area (TPSA) is 32.5 Å². The average molecular weight is 286 g/mol. The third-order valence-electron chi connectivity index (χ3n) is 5.25. The van der Waals surface area contributed by atoms with Crippen molar-refractivity contribution >= 4 is 11.8 Å². The maximum atomic E-state index is 6.23. The molecule has 2 rings (SSSR count). The van der Waals surface area contributed by atoms with E-state index >= 15 is 0 Å². The minimum atomic E-state index is 0.257. The quantitative estimate of drug-likeness (QED) is 0.841. The van der Waals surface area contributed by atoms with Crippen molar-refractivity contribution in [2.75, 3.05) is 39.0 Å². The molecular formula is C15H31N3S. The summed E-state index contributed by atoms with van der Waals surface area (Å²) in [6.45, 7) is 11.5. The van der Waals surface area contributed by atoms with E-state index in [1.807, 2.05) is 0 Å². The van der Waals surface area contributed by atoms with E-state index in [2.05, 4.69) is 49.4 Å². The van der Waals surface area contributed by atoms with E-state index in [-0.39, 0.29) is 5.54 Å². The fourth-order valence-corrected chi connectivity index (χ4v) is 4.61. The van der Waals surface area contributed by atoms with Gasteiger partial charge in [-0.3, -0.25) is 4.90 Å². The summed E-state index contributed by atoms with van der Waals surface area (Å²) in [6, 6.07) is 0.654. The molecule has 112 valence electrons. The lowest BCUT2D eigenvalue weighted by atomic mass is 9.81. The standard InChI is InChI=1S/C15H31N3S/c1-13-11-15(12-16,6-7-17(13)4)18-8-5-14(2,3)19-10-9-18/h13H,5-12,16H2,1-4H3. The van der Waals surface area contributed by atoms with Crippen molar-refractivity contribution in [3.8, 4) is 0 Å². The lowest BCUT2D eigenvalue weighted by Crippen LogP contribution is -2.61. The van der Waals surface area contributed by atoms with Gasteiger partial charge >= 0.3 is 0 Å². The van der Waals surface area contributed by atoms with Crippen molar-refractivity contribution in [3.05, 3.63) is 0 Å². The zero-order valence-corrected chi connectivity index (χ0v) is 13.9. The number of hydrogen-bond donors (Lipinski definition) is 1. The summed E-state index contributed by atoms with van der Waals surface area (Å²) < 4.78 is 0.432. The van der Waals surface area contributed by atoms with Crippen LogP contribution in [-0.2, 0) is 0 Å². The van der Waals surface area contributed by atoms with Crippen molar-refractivity contribution in [2.24, 2.45) is 5.73 Å². The van der Waals surface area contributed by atoms with Crippen LogP contribution in [0.3, 0.4) is 0 Å². The van der Waals surface area contributed by atoms with Crippen LogP contribution in [-0.4, -0.2) is 65.1 Å². The molecule has 2 heterocycles. The summed E-state index contributed by atoms with van der Waals surface area (Å²) >= 11 is 2.13. The van der Waals surface area contributed by atoms with Gasteiger partial charge in [0.25, 0.3) is 0 Å². The van der Waals surface area contributed by atoms with Gasteiger partial charge in [-0.05, 0) is 39.8 Å². The van der Waals surface area contributed by atoms with Crippen LogP contribution in [0.1, 0.15) is 40.0 Å². The van der Waals surface area contributed by atoms with Crippen molar-refractivity contribution < 1.29 is 0 Å². The first kappa shape index (κ1) is 15.6. The van der Waals surface area contributed by atoms with Gasteiger partial charge in [-0.15, -0.1) is 0 Å². The zero-order valence-electron chi connectivity index (χ0n) is 13.1. The van der Waals surface area contributed by atoms with Gasteiger partial charge in [0.05, 0.1) is 0 Å². The smallest absolute Gasteiger partial charge is 0.0358 e. The minimum absolute atomic E-state index is 0.257. The maximum absolute atomic E-state index is 6.23. The lowest BCUT2D eigenvalue weighted by Gasteiger charge is -2.50. The molecule has 0 aliphatic carbocycles. The largest absolute Gasteiger partial charge is 0.329 e. The van der Waals surface area contributed by atoms with Crippen LogP contribution in [0, 0.1) is 0 Å². The molecule has 2 saturated heterocycles. The van der Waals surface area contributed by atoms with Gasteiger partial charge in [0, 0.05) is 41.7 Å². The van der Waals surface area contributed by atoms with Crippen LogP contribution in [0.15, 0.2) is 0 Å². The SMILES string of the molecule is CC1CC(CN)(N2CCSC(C)(C)CC2)CCN1C. The molecule has 0 amide bonds. The first-order chi connectivity index (χ1) is 8.88. The highest BCUT2D eigenvalue weighted by atomic mass is 32.2. The molecule has 2 aliphatic heterocycles. The molecule has 2 N–H and O–H groups in total. The molecule has 0 aromatic heterocycles. The Balaban J connectivity index is 2.08. The number of piperidine rings is 1. The molecule has 0 aromatic rings. The molecule has 19 heavy (non-hydrogen) atoms. The Morgan fingerprint density at radius 2 is 1.95 bits per heavy atom. The Labute approximate surface area is 123 Å². The van der Waals surface area contributed by atoms with Crippen LogP contribution in [0.2, 0.25) is 0 Å². The predicted molar refractivity (Wildman–Crippen MR) is 85.8 cm³/mol. The highest BCUT2D eigenvalue weighted by Gasteiger charge is 2.41. The normalized spacial score (nSPS) is 38.1. The van der Waals surface area contributed by atoms with Crippen LogP contribution >= 0.6 is 11.8 Å². The fourth-order valence-electron chi connectivity index (χ4n) is 3.51. The molecule has 0 aromatic carbocycles. The summed E-state index contributed by atoms with van der Waals surface area (Å²) in [7, 11) is 2.24. The number of rotatable bonds is 2. The Bertz CT molecular complexity index is 308. The van der Waals surface area contributed by atoms with Crippen LogP contribution < -0.4 is 5.73 Å². The molecule has 3 nitrogen and oxygen atoms in total. The van der Waals surface area contributed by atoms with Crippen molar-refractivity contribution in [2.45, 2.75) is 56.4 Å². The second-order valence-corrected chi connectivity index (χ2v) is 8.86. The van der Waals surface area contributed by atoms with E-state index in [9.17, 15) is 0 Å². The first-order valence-corrected chi connectivity index (χ1v) is 8.66. The first-order valence-electron chi connectivity index (χ1n) is 7.68. The van der Waals surface area contributed by atoms with Crippen molar-refractivity contribution in [1.29, 1.82) is 0 Å². The summed E-state index contributed by atoms with van der Waals surface area (Å²) in [4.78, 5) is 5.20. The molecule has 0 saturated carbocycles. The maximum Gasteiger partial charge on any atom is 0.0358 e. The molecule has 4 heteroatoms. The number of nitrogens with two attached hydrogens (primary N) is 1. The Morgan fingerprint density at radius 1 is 1.21 bits per heavy atom. The lowest BCUT2D eigenvalue weighted by molar-refractivity contribution is 0.0136. The molecule has 2 aliphatic rings. The monoisotopic (exact) mass is 285 g/mol. The number of hydrogen-bond acceptors (Lipinski definition) is 4. The van der Waals surface area contributed by atoms with E-state index < -0.39 is 0 Å². The highest BCUT2D eigenvalue weighted by Crippen LogP contribution is 2.37. The molecule has 0 radical (unpaired) electrons. The molecule has 0 spiro atoms. The summed E-state index contributed by atoms with van der Waals surface area (Å²) in [5, 5.41) is 0. The second kappa shape index (κ2) is 5.92. The van der Waals surface area contributed by atoms with E-state index in [1.54, 1.807) is 0 Å². The Kier molecular flexibility index (Phi) is 4.87. The van der Waals surface area contributed by atoms with Gasteiger partial charge in [0.2, 0.25) is 0 Å². The highest BCUT2D eigenvalue weighted by molar-refractivity contribution is 8.00. The van der Waals surface area contributed by atoms with E-state index in [1.165, 1.54) is 44.6 Å². The van der Waals surface area contributed by atoms with Crippen LogP contribution in [0.4, 0.5) is 0 Å². The Morgan fingerprint density at radius 3 is 2.58 bits per heavy atom. The van der Waals surface area contributed by atoms with Gasteiger partial charge in [-0.1, -0.05) is 13.8 Å². The minimum Gasteiger partial charge on any atom is -0.329 e. The molecular weight excluding hydrogens is 254 g/mol. The van der Waals surface area contributed by atoms with Gasteiger partial charge in [-0.2, -0.15) is 11.8 Å². The third kappa shape index (κ3) is 3.46. The number of thioether (sulfide) groups is 1. The van der Waals surface area contributed by atoms with Crippen molar-refractivity contribution in [3.63, 3.8) is 0 Å². The van der Waals surface area contributed by atoms with Gasteiger partial charge in [0.15, 0.2) is 0 Å². The molecule has 2 unspecified atom stereocenters. The van der Waals surface area contributed by atoms with Gasteiger partial charge in [-0.25, -0.2) is 0 Å². The third-order valence-corrected chi connectivity index (χ3v) is 6.62. The van der Waals surface area contributed by atoms with Crippen LogP contribution in [0.5, 0.6) is 0 Å². The van der Waals surface area contributed by atoms with E-state index in [0.29, 0.717) is 10.8 Å². The fraction of sp³-hybridized carbons (Fsp3) is 1.00. The number of likely N-dealkylation sites (tertiary alicyclic amines) is 1. The molecule has 2 fully saturated rings. The van der Waals surface area contributed by atoms with Crippen molar-refractivity contribution in [1.82, 2.24) is 9.80 Å². The average Bonchev–Trinajstić information content (AvgIpc) is 2.54. The second-order valence-electron chi connectivity index (χ2n) is 7.06. The Hall–Kier alpha value is 0.230. The van der Waals surface area contributed by atoms with Gasteiger partial charge < -0.3 is 10.6 Å². The number of nitrogens with zero attached hydrogens (tertiary/aromatic N) is 2. The summed E-state index contributed by atoms with van der Waals surface area (Å²) in [5.41, 5.74) is 6.49. The zero-order chi connectivity index (χ0) is 14.1. The summed E-state index contributed by atoms with van der Waals surface area (Å²) in [5.74, 6) is 1.25. The summed E-state index contributed by atoms with van der Waals surface area (Å²) in [6.07, 6.45) is 3.74. The molecule has 0 bridgehead atoms. The van der Waals surface area contributed by atoms with Gasteiger partial charge in [0.1, 0.15) is 0 Å². The molecule has 2 atom stereocenters. The van der Waals surface area contributed by atoms with Crippen LogP contribution in [0.25, 0.3) is 0 Å².